The molecule has 1 atom stereocenters. The number of benzene rings is 1. The number of thiophene rings is 1. The van der Waals surface area contributed by atoms with Gasteiger partial charge in [-0.1, -0.05) is 19.1 Å². The largest absolute Gasteiger partial charge is 0.496 e. The molecule has 19 heavy (non-hydrogen) atoms. The van der Waals surface area contributed by atoms with E-state index in [1.807, 2.05) is 0 Å². The van der Waals surface area contributed by atoms with E-state index in [1.165, 1.54) is 21.6 Å². The molecule has 2 rings (SSSR count). The second kappa shape index (κ2) is 6.22. The summed E-state index contributed by atoms with van der Waals surface area (Å²) in [4.78, 5) is 1.33. The first-order chi connectivity index (χ1) is 9.17. The Bertz CT molecular complexity index is 534. The van der Waals surface area contributed by atoms with Crippen LogP contribution in [0.4, 0.5) is 0 Å². The maximum Gasteiger partial charge on any atom is 0.124 e. The Kier molecular flexibility index (Phi) is 4.61. The molecule has 1 unspecified atom stereocenters. The van der Waals surface area contributed by atoms with Gasteiger partial charge >= 0.3 is 0 Å². The predicted octanol–water partition coefficient (Wildman–Crippen LogP) is 4.07. The molecular weight excluding hydrogens is 254 g/mol. The van der Waals surface area contributed by atoms with Crippen molar-refractivity contribution in [2.45, 2.75) is 26.8 Å². The molecule has 0 saturated carbocycles. The minimum atomic E-state index is 0.209. The fraction of sp³-hybridized carbons (Fsp3) is 0.375. The van der Waals surface area contributed by atoms with E-state index in [4.69, 9.17) is 4.74 Å². The van der Waals surface area contributed by atoms with E-state index in [0.717, 1.165) is 12.3 Å². The van der Waals surface area contributed by atoms with Gasteiger partial charge in [0.2, 0.25) is 0 Å². The maximum absolute atomic E-state index is 5.60. The smallest absolute Gasteiger partial charge is 0.124 e. The summed E-state index contributed by atoms with van der Waals surface area (Å²) in [6.07, 6.45) is 0. The zero-order chi connectivity index (χ0) is 13.8. The SMILES string of the molecule is CCNC(c1cccs1)c1c(C)cc(C)cc1OC. The lowest BCUT2D eigenvalue weighted by Crippen LogP contribution is -2.22. The molecule has 1 aromatic carbocycles. The summed E-state index contributed by atoms with van der Waals surface area (Å²) in [5, 5.41) is 5.69. The van der Waals surface area contributed by atoms with Crippen molar-refractivity contribution in [1.29, 1.82) is 0 Å². The molecular formula is C16H21NOS. The summed E-state index contributed by atoms with van der Waals surface area (Å²) < 4.78 is 5.60. The van der Waals surface area contributed by atoms with Crippen LogP contribution in [-0.2, 0) is 0 Å². The number of nitrogens with one attached hydrogen (secondary N) is 1. The van der Waals surface area contributed by atoms with Gasteiger partial charge in [-0.2, -0.15) is 0 Å². The Hall–Kier alpha value is -1.32. The molecule has 1 heterocycles. The van der Waals surface area contributed by atoms with Gasteiger partial charge in [0.15, 0.2) is 0 Å². The molecule has 102 valence electrons. The van der Waals surface area contributed by atoms with E-state index in [1.54, 1.807) is 18.4 Å². The van der Waals surface area contributed by atoms with E-state index in [2.05, 4.69) is 55.7 Å². The van der Waals surface area contributed by atoms with Crippen LogP contribution in [0.25, 0.3) is 0 Å². The maximum atomic E-state index is 5.60. The molecule has 0 amide bonds. The third kappa shape index (κ3) is 2.99. The van der Waals surface area contributed by atoms with Gasteiger partial charge in [-0.15, -0.1) is 11.3 Å². The van der Waals surface area contributed by atoms with Crippen molar-refractivity contribution in [3.8, 4) is 5.75 Å². The fourth-order valence-corrected chi connectivity index (χ4v) is 3.29. The highest BCUT2D eigenvalue weighted by Crippen LogP contribution is 2.35. The van der Waals surface area contributed by atoms with Gasteiger partial charge in [0.1, 0.15) is 5.75 Å². The Balaban J connectivity index is 2.53. The summed E-state index contributed by atoms with van der Waals surface area (Å²) in [7, 11) is 1.75. The molecule has 0 fully saturated rings. The van der Waals surface area contributed by atoms with Crippen molar-refractivity contribution in [1.82, 2.24) is 5.32 Å². The topological polar surface area (TPSA) is 21.3 Å². The van der Waals surface area contributed by atoms with Crippen LogP contribution in [0.5, 0.6) is 5.75 Å². The molecule has 1 aromatic heterocycles. The van der Waals surface area contributed by atoms with Crippen LogP contribution in [-0.4, -0.2) is 13.7 Å². The average Bonchev–Trinajstić information content (AvgIpc) is 2.89. The number of hydrogen-bond acceptors (Lipinski definition) is 3. The van der Waals surface area contributed by atoms with Gasteiger partial charge in [-0.3, -0.25) is 0 Å². The Morgan fingerprint density at radius 3 is 2.68 bits per heavy atom. The van der Waals surface area contributed by atoms with Crippen molar-refractivity contribution < 1.29 is 4.74 Å². The van der Waals surface area contributed by atoms with Crippen LogP contribution < -0.4 is 10.1 Å². The van der Waals surface area contributed by atoms with Crippen LogP contribution in [0.15, 0.2) is 29.6 Å². The lowest BCUT2D eigenvalue weighted by molar-refractivity contribution is 0.403. The first kappa shape index (κ1) is 14.1. The first-order valence-corrected chi connectivity index (χ1v) is 7.47. The van der Waals surface area contributed by atoms with Crippen LogP contribution in [0.3, 0.4) is 0 Å². The van der Waals surface area contributed by atoms with Crippen molar-refractivity contribution in [2.75, 3.05) is 13.7 Å². The van der Waals surface area contributed by atoms with Crippen molar-refractivity contribution in [3.05, 3.63) is 51.2 Å². The molecule has 2 nitrogen and oxygen atoms in total. The van der Waals surface area contributed by atoms with E-state index in [9.17, 15) is 0 Å². The molecule has 0 bridgehead atoms. The van der Waals surface area contributed by atoms with Crippen molar-refractivity contribution in [2.24, 2.45) is 0 Å². The van der Waals surface area contributed by atoms with Gasteiger partial charge in [-0.05, 0) is 49.0 Å². The van der Waals surface area contributed by atoms with Crippen LogP contribution in [0.2, 0.25) is 0 Å². The Labute approximate surface area is 119 Å². The predicted molar refractivity (Wildman–Crippen MR) is 82.3 cm³/mol. The molecule has 2 aromatic rings. The summed E-state index contributed by atoms with van der Waals surface area (Å²) >= 11 is 1.78. The lowest BCUT2D eigenvalue weighted by atomic mass is 9.96. The molecule has 0 aliphatic rings. The number of ether oxygens (including phenoxy) is 1. The van der Waals surface area contributed by atoms with E-state index in [-0.39, 0.29) is 6.04 Å². The van der Waals surface area contributed by atoms with E-state index < -0.39 is 0 Å². The standard InChI is InChI=1S/C16H21NOS/c1-5-17-16(14-7-6-8-19-14)15-12(3)9-11(2)10-13(15)18-4/h6-10,16-17H,5H2,1-4H3. The zero-order valence-electron chi connectivity index (χ0n) is 12.0. The molecule has 3 heteroatoms. The quantitative estimate of drug-likeness (QED) is 0.888. The fourth-order valence-electron chi connectivity index (χ4n) is 2.48. The number of aryl methyl sites for hydroxylation is 2. The Morgan fingerprint density at radius 2 is 2.11 bits per heavy atom. The minimum absolute atomic E-state index is 0.209. The van der Waals surface area contributed by atoms with Gasteiger partial charge in [0.05, 0.1) is 13.2 Å². The monoisotopic (exact) mass is 275 g/mol. The van der Waals surface area contributed by atoms with Gasteiger partial charge in [0, 0.05) is 10.4 Å². The highest BCUT2D eigenvalue weighted by molar-refractivity contribution is 7.10. The zero-order valence-corrected chi connectivity index (χ0v) is 12.8. The molecule has 0 spiro atoms. The van der Waals surface area contributed by atoms with Gasteiger partial charge < -0.3 is 10.1 Å². The second-order valence-electron chi connectivity index (χ2n) is 4.70. The average molecular weight is 275 g/mol. The minimum Gasteiger partial charge on any atom is -0.496 e. The second-order valence-corrected chi connectivity index (χ2v) is 5.68. The van der Waals surface area contributed by atoms with E-state index >= 15 is 0 Å². The molecule has 0 aliphatic heterocycles. The summed E-state index contributed by atoms with van der Waals surface area (Å²) in [5.74, 6) is 0.969. The Morgan fingerprint density at radius 1 is 1.32 bits per heavy atom. The highest BCUT2D eigenvalue weighted by Gasteiger charge is 2.20. The summed E-state index contributed by atoms with van der Waals surface area (Å²) in [5.41, 5.74) is 3.76. The number of rotatable bonds is 5. The highest BCUT2D eigenvalue weighted by atomic mass is 32.1. The molecule has 0 radical (unpaired) electrons. The first-order valence-electron chi connectivity index (χ1n) is 6.59. The molecule has 0 saturated heterocycles. The normalized spacial score (nSPS) is 12.4. The van der Waals surface area contributed by atoms with Gasteiger partial charge in [0.25, 0.3) is 0 Å². The van der Waals surface area contributed by atoms with Crippen LogP contribution >= 0.6 is 11.3 Å². The van der Waals surface area contributed by atoms with Gasteiger partial charge in [-0.25, -0.2) is 0 Å². The van der Waals surface area contributed by atoms with Crippen molar-refractivity contribution >= 4 is 11.3 Å². The number of methoxy groups -OCH3 is 1. The summed E-state index contributed by atoms with van der Waals surface area (Å²) in [6, 6.07) is 8.81. The van der Waals surface area contributed by atoms with Crippen LogP contribution in [0.1, 0.15) is 34.5 Å². The molecule has 1 N–H and O–H groups in total. The van der Waals surface area contributed by atoms with E-state index in [0.29, 0.717) is 0 Å². The summed E-state index contributed by atoms with van der Waals surface area (Å²) in [6.45, 7) is 7.32. The van der Waals surface area contributed by atoms with Crippen LogP contribution in [0, 0.1) is 13.8 Å². The number of hydrogen-bond donors (Lipinski definition) is 1. The lowest BCUT2D eigenvalue weighted by Gasteiger charge is -2.22. The molecule has 0 aliphatic carbocycles. The van der Waals surface area contributed by atoms with Crippen molar-refractivity contribution in [3.63, 3.8) is 0 Å². The third-order valence-corrected chi connectivity index (χ3v) is 4.17. The third-order valence-electron chi connectivity index (χ3n) is 3.24.